The molecule has 1 aromatic rings. The van der Waals surface area contributed by atoms with Crippen LogP contribution in [0.1, 0.15) is 26.3 Å². The first-order chi connectivity index (χ1) is 11.2. The van der Waals surface area contributed by atoms with Crippen molar-refractivity contribution in [3.8, 4) is 5.75 Å². The standard InChI is InChI=1S/C18H25NO5/c1-18(2,3)24-17(22)19-10-13(11-19)15(16(20)21)9-12-5-7-14(23-4)8-6-12/h5-8,13,15H,9-11H2,1-4H3,(H,20,21). The van der Waals surface area contributed by atoms with Gasteiger partial charge < -0.3 is 19.5 Å². The van der Waals surface area contributed by atoms with Crippen molar-refractivity contribution in [2.24, 2.45) is 11.8 Å². The Bertz CT molecular complexity index is 584. The fourth-order valence-corrected chi connectivity index (χ4v) is 2.71. The maximum atomic E-state index is 12.0. The van der Waals surface area contributed by atoms with Gasteiger partial charge in [0.15, 0.2) is 0 Å². The van der Waals surface area contributed by atoms with Gasteiger partial charge in [0.1, 0.15) is 11.4 Å². The van der Waals surface area contributed by atoms with Crippen LogP contribution in [0.5, 0.6) is 5.75 Å². The molecule has 6 nitrogen and oxygen atoms in total. The number of methoxy groups -OCH3 is 1. The molecule has 0 saturated carbocycles. The van der Waals surface area contributed by atoms with E-state index in [-0.39, 0.29) is 12.0 Å². The first-order valence-electron chi connectivity index (χ1n) is 8.03. The second-order valence-electron chi connectivity index (χ2n) is 7.14. The average molecular weight is 335 g/mol. The molecule has 1 aromatic carbocycles. The highest BCUT2D eigenvalue weighted by atomic mass is 16.6. The van der Waals surface area contributed by atoms with Gasteiger partial charge >= 0.3 is 12.1 Å². The summed E-state index contributed by atoms with van der Waals surface area (Å²) in [7, 11) is 1.59. The van der Waals surface area contributed by atoms with E-state index in [4.69, 9.17) is 9.47 Å². The molecule has 6 heteroatoms. The SMILES string of the molecule is COc1ccc(CC(C(=O)O)C2CN(C(=O)OC(C)(C)C)C2)cc1. The molecule has 1 heterocycles. The van der Waals surface area contributed by atoms with Gasteiger partial charge in [-0.05, 0) is 44.9 Å². The number of aliphatic carboxylic acids is 1. The summed E-state index contributed by atoms with van der Waals surface area (Å²) in [5.41, 5.74) is 0.399. The van der Waals surface area contributed by atoms with E-state index in [1.54, 1.807) is 12.0 Å². The molecule has 1 unspecified atom stereocenters. The van der Waals surface area contributed by atoms with E-state index in [9.17, 15) is 14.7 Å². The van der Waals surface area contributed by atoms with E-state index in [0.717, 1.165) is 11.3 Å². The summed E-state index contributed by atoms with van der Waals surface area (Å²) < 4.78 is 10.4. The third kappa shape index (κ3) is 4.63. The molecule has 0 radical (unpaired) electrons. The summed E-state index contributed by atoms with van der Waals surface area (Å²) in [5.74, 6) is -0.667. The second kappa shape index (κ2) is 7.11. The van der Waals surface area contributed by atoms with Crippen LogP contribution < -0.4 is 4.74 Å². The summed E-state index contributed by atoms with van der Waals surface area (Å²) in [6, 6.07) is 7.39. The van der Waals surface area contributed by atoms with Crippen LogP contribution >= 0.6 is 0 Å². The summed E-state index contributed by atoms with van der Waals surface area (Å²) in [6.07, 6.45) is 0.0546. The minimum Gasteiger partial charge on any atom is -0.497 e. The normalized spacial score (nSPS) is 16.2. The van der Waals surface area contributed by atoms with Gasteiger partial charge in [0.2, 0.25) is 0 Å². The number of carbonyl (C=O) groups excluding carboxylic acids is 1. The summed E-state index contributed by atoms with van der Waals surface area (Å²) in [5, 5.41) is 9.52. The van der Waals surface area contributed by atoms with Gasteiger partial charge in [0, 0.05) is 19.0 Å². The minimum atomic E-state index is -0.834. The van der Waals surface area contributed by atoms with E-state index < -0.39 is 17.5 Å². The van der Waals surface area contributed by atoms with Crippen molar-refractivity contribution in [1.82, 2.24) is 4.90 Å². The molecular weight excluding hydrogens is 310 g/mol. The number of amides is 1. The molecular formula is C18H25NO5. The zero-order valence-electron chi connectivity index (χ0n) is 14.6. The Morgan fingerprint density at radius 2 is 1.83 bits per heavy atom. The lowest BCUT2D eigenvalue weighted by Gasteiger charge is -2.42. The fourth-order valence-electron chi connectivity index (χ4n) is 2.71. The van der Waals surface area contributed by atoms with E-state index >= 15 is 0 Å². The summed E-state index contributed by atoms with van der Waals surface area (Å²) in [6.45, 7) is 6.27. The van der Waals surface area contributed by atoms with Gasteiger partial charge in [-0.1, -0.05) is 12.1 Å². The van der Waals surface area contributed by atoms with E-state index in [1.807, 2.05) is 45.0 Å². The maximum absolute atomic E-state index is 12.0. The van der Waals surface area contributed by atoms with E-state index in [2.05, 4.69) is 0 Å². The Kier molecular flexibility index (Phi) is 5.36. The molecule has 0 spiro atoms. The number of hydrogen-bond donors (Lipinski definition) is 1. The van der Waals surface area contributed by atoms with Crippen molar-refractivity contribution in [2.75, 3.05) is 20.2 Å². The first kappa shape index (κ1) is 18.1. The van der Waals surface area contributed by atoms with Gasteiger partial charge in [-0.3, -0.25) is 4.79 Å². The predicted octanol–water partition coefficient (Wildman–Crippen LogP) is 2.81. The molecule has 1 amide bonds. The summed E-state index contributed by atoms with van der Waals surface area (Å²) in [4.78, 5) is 25.1. The molecule has 2 rings (SSSR count). The third-order valence-electron chi connectivity index (χ3n) is 4.06. The quantitative estimate of drug-likeness (QED) is 0.895. The number of carboxylic acid groups (broad SMARTS) is 1. The first-order valence-corrected chi connectivity index (χ1v) is 8.03. The molecule has 1 atom stereocenters. The number of hydrogen-bond acceptors (Lipinski definition) is 4. The van der Waals surface area contributed by atoms with Crippen molar-refractivity contribution in [1.29, 1.82) is 0 Å². The Balaban J connectivity index is 1.93. The molecule has 0 aliphatic carbocycles. The smallest absolute Gasteiger partial charge is 0.410 e. The minimum absolute atomic E-state index is 0.0582. The van der Waals surface area contributed by atoms with Crippen LogP contribution in [-0.2, 0) is 16.0 Å². The highest BCUT2D eigenvalue weighted by Gasteiger charge is 2.41. The lowest BCUT2D eigenvalue weighted by Crippen LogP contribution is -2.55. The molecule has 24 heavy (non-hydrogen) atoms. The Morgan fingerprint density at radius 3 is 2.29 bits per heavy atom. The van der Waals surface area contributed by atoms with Gasteiger partial charge in [0.25, 0.3) is 0 Å². The van der Waals surface area contributed by atoms with Crippen molar-refractivity contribution < 1.29 is 24.2 Å². The van der Waals surface area contributed by atoms with Crippen LogP contribution in [0.4, 0.5) is 4.79 Å². The maximum Gasteiger partial charge on any atom is 0.410 e. The number of ether oxygens (including phenoxy) is 2. The third-order valence-corrected chi connectivity index (χ3v) is 4.06. The molecule has 1 aliphatic heterocycles. The Labute approximate surface area is 142 Å². The predicted molar refractivity (Wildman–Crippen MR) is 89.1 cm³/mol. The van der Waals surface area contributed by atoms with Crippen molar-refractivity contribution in [3.05, 3.63) is 29.8 Å². The molecule has 1 fully saturated rings. The highest BCUT2D eigenvalue weighted by molar-refractivity contribution is 5.73. The molecule has 0 bridgehead atoms. The fraction of sp³-hybridized carbons (Fsp3) is 0.556. The molecule has 1 aliphatic rings. The second-order valence-corrected chi connectivity index (χ2v) is 7.14. The zero-order valence-corrected chi connectivity index (χ0v) is 14.6. The van der Waals surface area contributed by atoms with Crippen molar-refractivity contribution in [3.63, 3.8) is 0 Å². The van der Waals surface area contributed by atoms with E-state index in [0.29, 0.717) is 19.5 Å². The van der Waals surface area contributed by atoms with Crippen LogP contribution in [0.3, 0.4) is 0 Å². The lowest BCUT2D eigenvalue weighted by atomic mass is 9.82. The van der Waals surface area contributed by atoms with E-state index in [1.165, 1.54) is 0 Å². The molecule has 1 saturated heterocycles. The van der Waals surface area contributed by atoms with Gasteiger partial charge in [0.05, 0.1) is 13.0 Å². The van der Waals surface area contributed by atoms with Crippen molar-refractivity contribution >= 4 is 12.1 Å². The number of likely N-dealkylation sites (tertiary alicyclic amines) is 1. The van der Waals surface area contributed by atoms with Crippen molar-refractivity contribution in [2.45, 2.75) is 32.8 Å². The highest BCUT2D eigenvalue weighted by Crippen LogP contribution is 2.29. The topological polar surface area (TPSA) is 76.1 Å². The lowest BCUT2D eigenvalue weighted by molar-refractivity contribution is -0.146. The summed E-state index contributed by atoms with van der Waals surface area (Å²) >= 11 is 0. The Morgan fingerprint density at radius 1 is 1.25 bits per heavy atom. The molecule has 1 N–H and O–H groups in total. The van der Waals surface area contributed by atoms with Crippen LogP contribution in [0, 0.1) is 11.8 Å². The molecule has 0 aromatic heterocycles. The van der Waals surface area contributed by atoms with Gasteiger partial charge in [-0.25, -0.2) is 4.79 Å². The number of carbonyl (C=O) groups is 2. The number of benzene rings is 1. The average Bonchev–Trinajstić information content (AvgIpc) is 2.43. The zero-order chi connectivity index (χ0) is 17.9. The van der Waals surface area contributed by atoms with Crippen LogP contribution in [0.25, 0.3) is 0 Å². The number of rotatable bonds is 5. The van der Waals surface area contributed by atoms with Crippen LogP contribution in [-0.4, -0.2) is 47.9 Å². The number of carboxylic acids is 1. The monoisotopic (exact) mass is 335 g/mol. The van der Waals surface area contributed by atoms with Gasteiger partial charge in [-0.15, -0.1) is 0 Å². The van der Waals surface area contributed by atoms with Gasteiger partial charge in [-0.2, -0.15) is 0 Å². The number of nitrogens with zero attached hydrogens (tertiary/aromatic N) is 1. The largest absolute Gasteiger partial charge is 0.497 e. The van der Waals surface area contributed by atoms with Crippen LogP contribution in [0.15, 0.2) is 24.3 Å². The Hall–Kier alpha value is -2.24. The molecule has 132 valence electrons. The van der Waals surface area contributed by atoms with Crippen LogP contribution in [0.2, 0.25) is 0 Å².